The predicted molar refractivity (Wildman–Crippen MR) is 99.2 cm³/mol. The van der Waals surface area contributed by atoms with Gasteiger partial charge in [-0.15, -0.1) is 0 Å². The van der Waals surface area contributed by atoms with Gasteiger partial charge in [0.05, 0.1) is 29.4 Å². The summed E-state index contributed by atoms with van der Waals surface area (Å²) < 4.78 is 12.2. The van der Waals surface area contributed by atoms with Crippen molar-refractivity contribution in [2.45, 2.75) is 6.54 Å². The SMILES string of the molecule is COC(=O)Cn1c(=NC(=O)c2ccc([N+](=O)[O-])s2)sc2cc(OC)ccc21. The molecule has 2 aromatic heterocycles. The van der Waals surface area contributed by atoms with Gasteiger partial charge in [-0.1, -0.05) is 22.7 Å². The molecule has 0 radical (unpaired) electrons. The van der Waals surface area contributed by atoms with E-state index < -0.39 is 16.8 Å². The number of thiazole rings is 1. The Morgan fingerprint density at radius 3 is 2.63 bits per heavy atom. The second kappa shape index (κ2) is 7.68. The fourth-order valence-electron chi connectivity index (χ4n) is 2.29. The number of hydrogen-bond donors (Lipinski definition) is 0. The average Bonchev–Trinajstić information content (AvgIpc) is 3.27. The first-order valence-corrected chi connectivity index (χ1v) is 9.13. The highest BCUT2D eigenvalue weighted by atomic mass is 32.1. The Bertz CT molecular complexity index is 1110. The van der Waals surface area contributed by atoms with Gasteiger partial charge in [-0.3, -0.25) is 19.7 Å². The maximum atomic E-state index is 12.4. The fraction of sp³-hybridized carbons (Fsp3) is 0.188. The maximum absolute atomic E-state index is 12.4. The van der Waals surface area contributed by atoms with E-state index in [4.69, 9.17) is 9.47 Å². The molecule has 2 heterocycles. The molecule has 0 aliphatic carbocycles. The summed E-state index contributed by atoms with van der Waals surface area (Å²) in [6, 6.07) is 7.87. The zero-order chi connectivity index (χ0) is 19.6. The predicted octanol–water partition coefficient (Wildman–Crippen LogP) is 2.60. The Morgan fingerprint density at radius 2 is 2.00 bits per heavy atom. The number of carbonyl (C=O) groups excluding carboxylic acids is 2. The van der Waals surface area contributed by atoms with E-state index in [0.29, 0.717) is 11.3 Å². The third kappa shape index (κ3) is 3.88. The van der Waals surface area contributed by atoms with Crippen LogP contribution in [0.3, 0.4) is 0 Å². The van der Waals surface area contributed by atoms with Crippen molar-refractivity contribution in [3.63, 3.8) is 0 Å². The van der Waals surface area contributed by atoms with E-state index in [0.717, 1.165) is 16.0 Å². The van der Waals surface area contributed by atoms with Crippen LogP contribution in [0.4, 0.5) is 5.00 Å². The summed E-state index contributed by atoms with van der Waals surface area (Å²) in [5.41, 5.74) is 0.690. The fourth-order valence-corrected chi connectivity index (χ4v) is 4.06. The van der Waals surface area contributed by atoms with Crippen LogP contribution >= 0.6 is 22.7 Å². The van der Waals surface area contributed by atoms with Crippen molar-refractivity contribution in [1.82, 2.24) is 4.57 Å². The van der Waals surface area contributed by atoms with Crippen LogP contribution in [0.2, 0.25) is 0 Å². The Morgan fingerprint density at radius 1 is 1.22 bits per heavy atom. The minimum absolute atomic E-state index is 0.125. The Balaban J connectivity index is 2.11. The lowest BCUT2D eigenvalue weighted by molar-refractivity contribution is -0.380. The standard InChI is InChI=1S/C16H13N3O6S2/c1-24-9-3-4-10-12(7-9)27-16(18(10)8-14(20)25-2)17-15(21)11-5-6-13(26-11)19(22)23/h3-7H,8H2,1-2H3. The van der Waals surface area contributed by atoms with Gasteiger partial charge in [0, 0.05) is 6.07 Å². The number of nitro groups is 1. The monoisotopic (exact) mass is 407 g/mol. The van der Waals surface area contributed by atoms with Crippen LogP contribution in [0, 0.1) is 10.1 Å². The van der Waals surface area contributed by atoms with E-state index in [9.17, 15) is 19.7 Å². The summed E-state index contributed by atoms with van der Waals surface area (Å²) in [5.74, 6) is -0.489. The molecular formula is C16H13N3O6S2. The molecule has 0 saturated heterocycles. The molecule has 0 saturated carbocycles. The molecular weight excluding hydrogens is 394 g/mol. The van der Waals surface area contributed by atoms with Gasteiger partial charge in [0.2, 0.25) is 0 Å². The van der Waals surface area contributed by atoms with Crippen LogP contribution in [-0.4, -0.2) is 35.6 Å². The van der Waals surface area contributed by atoms with Crippen LogP contribution in [0.15, 0.2) is 35.3 Å². The van der Waals surface area contributed by atoms with Gasteiger partial charge >= 0.3 is 11.0 Å². The smallest absolute Gasteiger partial charge is 0.325 e. The molecule has 11 heteroatoms. The van der Waals surface area contributed by atoms with Crippen LogP contribution in [0.5, 0.6) is 5.75 Å². The molecule has 0 bridgehead atoms. The number of amides is 1. The van der Waals surface area contributed by atoms with Gasteiger partial charge in [-0.05, 0) is 24.3 Å². The molecule has 3 rings (SSSR count). The molecule has 0 aliphatic heterocycles. The normalized spacial score (nSPS) is 11.6. The second-order valence-corrected chi connectivity index (χ2v) is 7.26. The minimum Gasteiger partial charge on any atom is -0.497 e. The molecule has 3 aromatic rings. The van der Waals surface area contributed by atoms with Crippen molar-refractivity contribution in [1.29, 1.82) is 0 Å². The maximum Gasteiger partial charge on any atom is 0.325 e. The molecule has 0 atom stereocenters. The number of methoxy groups -OCH3 is 2. The zero-order valence-electron chi connectivity index (χ0n) is 14.2. The van der Waals surface area contributed by atoms with Crippen LogP contribution in [-0.2, 0) is 16.1 Å². The van der Waals surface area contributed by atoms with E-state index in [1.54, 1.807) is 22.8 Å². The minimum atomic E-state index is -0.620. The van der Waals surface area contributed by atoms with Crippen molar-refractivity contribution in [3.05, 3.63) is 50.1 Å². The second-order valence-electron chi connectivity index (χ2n) is 5.19. The summed E-state index contributed by atoms with van der Waals surface area (Å²) in [4.78, 5) is 38.9. The Hall–Kier alpha value is -3.05. The molecule has 0 unspecified atom stereocenters. The van der Waals surface area contributed by atoms with Gasteiger partial charge in [0.15, 0.2) is 4.80 Å². The van der Waals surface area contributed by atoms with Gasteiger partial charge in [-0.2, -0.15) is 4.99 Å². The number of ether oxygens (including phenoxy) is 2. The lowest BCUT2D eigenvalue weighted by atomic mass is 10.3. The summed E-state index contributed by atoms with van der Waals surface area (Å²) in [7, 11) is 2.81. The number of carbonyl (C=O) groups is 2. The zero-order valence-corrected chi connectivity index (χ0v) is 15.8. The molecule has 27 heavy (non-hydrogen) atoms. The van der Waals surface area contributed by atoms with Gasteiger partial charge in [-0.25, -0.2) is 0 Å². The van der Waals surface area contributed by atoms with Crippen molar-refractivity contribution in [2.24, 2.45) is 4.99 Å². The van der Waals surface area contributed by atoms with Gasteiger partial charge in [0.1, 0.15) is 17.2 Å². The molecule has 0 fully saturated rings. The number of fused-ring (bicyclic) bond motifs is 1. The van der Waals surface area contributed by atoms with E-state index in [-0.39, 0.29) is 21.2 Å². The topological polar surface area (TPSA) is 113 Å². The number of rotatable bonds is 5. The molecule has 0 aliphatic rings. The molecule has 0 N–H and O–H groups in total. The largest absolute Gasteiger partial charge is 0.497 e. The highest BCUT2D eigenvalue weighted by molar-refractivity contribution is 7.17. The Kier molecular flexibility index (Phi) is 5.33. The number of hydrogen-bond acceptors (Lipinski definition) is 8. The third-order valence-corrected chi connectivity index (χ3v) is 5.65. The summed E-state index contributed by atoms with van der Waals surface area (Å²) >= 11 is 1.95. The number of benzene rings is 1. The number of thiophene rings is 1. The highest BCUT2D eigenvalue weighted by Gasteiger charge is 2.17. The van der Waals surface area contributed by atoms with E-state index in [2.05, 4.69) is 4.99 Å². The number of esters is 1. The van der Waals surface area contributed by atoms with Gasteiger partial charge < -0.3 is 14.0 Å². The number of nitrogens with zero attached hydrogens (tertiary/aromatic N) is 3. The first-order chi connectivity index (χ1) is 12.9. The average molecular weight is 407 g/mol. The molecule has 9 nitrogen and oxygen atoms in total. The lowest BCUT2D eigenvalue weighted by Crippen LogP contribution is -2.22. The van der Waals surface area contributed by atoms with E-state index in [1.807, 2.05) is 0 Å². The highest BCUT2D eigenvalue weighted by Crippen LogP contribution is 2.25. The molecule has 1 aromatic carbocycles. The number of aromatic nitrogens is 1. The quantitative estimate of drug-likeness (QED) is 0.365. The van der Waals surface area contributed by atoms with E-state index >= 15 is 0 Å². The van der Waals surface area contributed by atoms with Crippen molar-refractivity contribution in [3.8, 4) is 5.75 Å². The lowest BCUT2D eigenvalue weighted by Gasteiger charge is -2.04. The summed E-state index contributed by atoms with van der Waals surface area (Å²) in [6.07, 6.45) is 0. The van der Waals surface area contributed by atoms with Crippen molar-refractivity contribution in [2.75, 3.05) is 14.2 Å². The third-order valence-electron chi connectivity index (χ3n) is 3.58. The first kappa shape index (κ1) is 18.7. The van der Waals surface area contributed by atoms with Crippen LogP contribution in [0.1, 0.15) is 9.67 Å². The molecule has 140 valence electrons. The molecule has 0 spiro atoms. The first-order valence-electron chi connectivity index (χ1n) is 7.50. The summed E-state index contributed by atoms with van der Waals surface area (Å²) in [5, 5.41) is 10.6. The summed E-state index contributed by atoms with van der Waals surface area (Å²) in [6.45, 7) is -0.125. The van der Waals surface area contributed by atoms with Gasteiger partial charge in [0.25, 0.3) is 5.91 Å². The Labute approximate surface area is 160 Å². The van der Waals surface area contributed by atoms with Crippen LogP contribution in [0.25, 0.3) is 10.2 Å². The molecule has 1 amide bonds. The van der Waals surface area contributed by atoms with Crippen molar-refractivity contribution < 1.29 is 24.0 Å². The van der Waals surface area contributed by atoms with Crippen molar-refractivity contribution >= 4 is 49.8 Å². The van der Waals surface area contributed by atoms with E-state index in [1.165, 1.54) is 37.7 Å². The van der Waals surface area contributed by atoms with Crippen LogP contribution < -0.4 is 9.54 Å².